The largest absolute Gasteiger partial charge is 0.437 e. The van der Waals surface area contributed by atoms with Crippen LogP contribution in [0.5, 0.6) is 0 Å². The van der Waals surface area contributed by atoms with Crippen LogP contribution >= 0.6 is 31.9 Å². The van der Waals surface area contributed by atoms with E-state index in [1.807, 2.05) is 0 Å². The molecule has 0 amide bonds. The Hall–Kier alpha value is 0.430. The van der Waals surface area contributed by atoms with Crippen LogP contribution in [-0.2, 0) is 9.53 Å². The molecule has 0 unspecified atom stereocenters. The highest BCUT2D eigenvalue weighted by molar-refractivity contribution is 9.25. The molecular weight excluding hydrogens is 252 g/mol. The minimum Gasteiger partial charge on any atom is -0.437 e. The molecule has 0 aromatic rings. The summed E-state index contributed by atoms with van der Waals surface area (Å²) in [5.74, 6) is -0.144. The van der Waals surface area contributed by atoms with Gasteiger partial charge in [0.1, 0.15) is 0 Å². The molecular formula is C5H6Br2O2. The summed E-state index contributed by atoms with van der Waals surface area (Å²) in [6, 6.07) is 0. The van der Waals surface area contributed by atoms with Crippen LogP contribution in [0.4, 0.5) is 0 Å². The van der Waals surface area contributed by atoms with Gasteiger partial charge in [-0.3, -0.25) is 4.79 Å². The van der Waals surface area contributed by atoms with E-state index in [1.54, 1.807) is 0 Å². The molecule has 52 valence electrons. The summed E-state index contributed by atoms with van der Waals surface area (Å²) in [5.41, 5.74) is 0. The Kier molecular flexibility index (Phi) is 2.16. The van der Waals surface area contributed by atoms with Crippen LogP contribution in [0.15, 0.2) is 0 Å². The standard InChI is InChI=1S/C5H6Br2O2/c6-5(7)3-1-2-4(8)9-5/h1-3H2. The molecule has 4 heteroatoms. The second-order valence-corrected chi connectivity index (χ2v) is 5.59. The number of esters is 1. The van der Waals surface area contributed by atoms with E-state index in [0.29, 0.717) is 6.42 Å². The van der Waals surface area contributed by atoms with Crippen molar-refractivity contribution in [3.8, 4) is 0 Å². The molecule has 2 nitrogen and oxygen atoms in total. The number of alkyl halides is 2. The smallest absolute Gasteiger partial charge is 0.307 e. The number of hydrogen-bond acceptors (Lipinski definition) is 2. The molecule has 9 heavy (non-hydrogen) atoms. The molecule has 1 fully saturated rings. The van der Waals surface area contributed by atoms with Gasteiger partial charge in [0.05, 0.1) is 0 Å². The highest BCUT2D eigenvalue weighted by atomic mass is 79.9. The topological polar surface area (TPSA) is 26.3 Å². The molecule has 0 spiro atoms. The van der Waals surface area contributed by atoms with Gasteiger partial charge in [-0.2, -0.15) is 0 Å². The minimum atomic E-state index is -0.574. The second-order valence-electron chi connectivity index (χ2n) is 1.96. The lowest BCUT2D eigenvalue weighted by Crippen LogP contribution is -2.26. The van der Waals surface area contributed by atoms with Crippen LogP contribution in [0.3, 0.4) is 0 Å². The van der Waals surface area contributed by atoms with Gasteiger partial charge < -0.3 is 4.74 Å². The van der Waals surface area contributed by atoms with Crippen LogP contribution in [0, 0.1) is 0 Å². The Labute approximate surface area is 70.2 Å². The van der Waals surface area contributed by atoms with Gasteiger partial charge in [-0.15, -0.1) is 0 Å². The highest BCUT2D eigenvalue weighted by Crippen LogP contribution is 2.36. The molecule has 0 radical (unpaired) electrons. The van der Waals surface area contributed by atoms with Gasteiger partial charge in [-0.1, -0.05) is 0 Å². The van der Waals surface area contributed by atoms with Crippen molar-refractivity contribution in [2.75, 3.05) is 0 Å². The van der Waals surface area contributed by atoms with Crippen LogP contribution in [-0.4, -0.2) is 9.39 Å². The number of hydrogen-bond donors (Lipinski definition) is 0. The molecule has 1 aliphatic heterocycles. The van der Waals surface area contributed by atoms with Crippen molar-refractivity contribution in [1.29, 1.82) is 0 Å². The van der Waals surface area contributed by atoms with Crippen LogP contribution in [0.25, 0.3) is 0 Å². The van der Waals surface area contributed by atoms with Crippen molar-refractivity contribution in [2.24, 2.45) is 0 Å². The zero-order valence-corrected chi connectivity index (χ0v) is 7.87. The maximum atomic E-state index is 10.6. The quantitative estimate of drug-likeness (QED) is 0.491. The van der Waals surface area contributed by atoms with Crippen molar-refractivity contribution in [2.45, 2.75) is 22.7 Å². The van der Waals surface area contributed by atoms with E-state index >= 15 is 0 Å². The SMILES string of the molecule is O=C1CCCC(Br)(Br)O1. The maximum absolute atomic E-state index is 10.6. The Morgan fingerprint density at radius 2 is 2.22 bits per heavy atom. The predicted molar refractivity (Wildman–Crippen MR) is 40.5 cm³/mol. The zero-order chi connectivity index (χ0) is 6.91. The van der Waals surface area contributed by atoms with E-state index in [9.17, 15) is 4.79 Å². The molecule has 1 saturated heterocycles. The summed E-state index contributed by atoms with van der Waals surface area (Å²) in [5, 5.41) is 0. The first-order valence-electron chi connectivity index (χ1n) is 2.70. The molecule has 1 rings (SSSR count). The number of halogens is 2. The van der Waals surface area contributed by atoms with Crippen LogP contribution in [0.1, 0.15) is 19.3 Å². The lowest BCUT2D eigenvalue weighted by molar-refractivity contribution is -0.149. The third kappa shape index (κ3) is 2.26. The lowest BCUT2D eigenvalue weighted by Gasteiger charge is -2.24. The van der Waals surface area contributed by atoms with E-state index in [0.717, 1.165) is 12.8 Å². The fraction of sp³-hybridized carbons (Fsp3) is 0.800. The molecule has 0 aliphatic carbocycles. The molecule has 0 saturated carbocycles. The van der Waals surface area contributed by atoms with Crippen LogP contribution in [0.2, 0.25) is 0 Å². The van der Waals surface area contributed by atoms with E-state index in [4.69, 9.17) is 4.74 Å². The first-order chi connectivity index (χ1) is 4.10. The Bertz CT molecular complexity index is 133. The number of ether oxygens (including phenoxy) is 1. The summed E-state index contributed by atoms with van der Waals surface area (Å²) in [6.07, 6.45) is 2.26. The van der Waals surface area contributed by atoms with Crippen molar-refractivity contribution < 1.29 is 9.53 Å². The molecule has 0 N–H and O–H groups in total. The van der Waals surface area contributed by atoms with Gasteiger partial charge in [0.15, 0.2) is 0 Å². The van der Waals surface area contributed by atoms with E-state index in [1.165, 1.54) is 0 Å². The Morgan fingerprint density at radius 1 is 1.56 bits per heavy atom. The van der Waals surface area contributed by atoms with E-state index in [2.05, 4.69) is 31.9 Å². The van der Waals surface area contributed by atoms with E-state index in [-0.39, 0.29) is 5.97 Å². The number of cyclic esters (lactones) is 1. The van der Waals surface area contributed by atoms with Gasteiger partial charge in [0, 0.05) is 12.8 Å². The zero-order valence-electron chi connectivity index (χ0n) is 4.69. The van der Waals surface area contributed by atoms with Gasteiger partial charge >= 0.3 is 5.97 Å². The molecule has 1 heterocycles. The van der Waals surface area contributed by atoms with Crippen molar-refractivity contribution in [3.63, 3.8) is 0 Å². The van der Waals surface area contributed by atoms with Crippen LogP contribution < -0.4 is 0 Å². The predicted octanol–water partition coefficient (Wildman–Crippen LogP) is 2.16. The van der Waals surface area contributed by atoms with Gasteiger partial charge in [0.2, 0.25) is 3.42 Å². The first kappa shape index (κ1) is 7.54. The summed E-state index contributed by atoms with van der Waals surface area (Å²) in [4.78, 5) is 10.6. The third-order valence-corrected chi connectivity index (χ3v) is 2.23. The molecule has 0 aromatic heterocycles. The summed E-state index contributed by atoms with van der Waals surface area (Å²) in [6.45, 7) is 0. The second kappa shape index (κ2) is 2.58. The fourth-order valence-electron chi connectivity index (χ4n) is 0.707. The van der Waals surface area contributed by atoms with Gasteiger partial charge in [-0.25, -0.2) is 0 Å². The average molecular weight is 258 g/mol. The summed E-state index contributed by atoms with van der Waals surface area (Å²) in [7, 11) is 0. The summed E-state index contributed by atoms with van der Waals surface area (Å²) >= 11 is 6.41. The number of carbonyl (C=O) groups is 1. The van der Waals surface area contributed by atoms with E-state index < -0.39 is 3.42 Å². The van der Waals surface area contributed by atoms with Gasteiger partial charge in [0.25, 0.3) is 0 Å². The van der Waals surface area contributed by atoms with Gasteiger partial charge in [-0.05, 0) is 38.3 Å². The lowest BCUT2D eigenvalue weighted by atomic mass is 10.2. The fourth-order valence-corrected chi connectivity index (χ4v) is 1.63. The highest BCUT2D eigenvalue weighted by Gasteiger charge is 2.31. The minimum absolute atomic E-state index is 0.144. The molecule has 1 aliphatic rings. The van der Waals surface area contributed by atoms with Crippen molar-refractivity contribution in [1.82, 2.24) is 0 Å². The molecule has 0 aromatic carbocycles. The molecule has 0 bridgehead atoms. The monoisotopic (exact) mass is 256 g/mol. The Balaban J connectivity index is 2.51. The van der Waals surface area contributed by atoms with Crippen molar-refractivity contribution >= 4 is 37.8 Å². The molecule has 0 atom stereocenters. The summed E-state index contributed by atoms with van der Waals surface area (Å²) < 4.78 is 4.29. The first-order valence-corrected chi connectivity index (χ1v) is 4.28. The Morgan fingerprint density at radius 3 is 2.56 bits per heavy atom. The van der Waals surface area contributed by atoms with Crippen molar-refractivity contribution in [3.05, 3.63) is 0 Å². The number of carbonyl (C=O) groups excluding carboxylic acids is 1. The third-order valence-electron chi connectivity index (χ3n) is 1.11. The average Bonchev–Trinajstić information content (AvgIpc) is 1.60. The number of rotatable bonds is 0. The normalized spacial score (nSPS) is 25.3. The maximum Gasteiger partial charge on any atom is 0.307 e.